The van der Waals surface area contributed by atoms with Crippen molar-refractivity contribution in [3.05, 3.63) is 17.5 Å². The first-order chi connectivity index (χ1) is 8.51. The highest BCUT2D eigenvalue weighted by atomic mass is 16.5. The van der Waals surface area contributed by atoms with Crippen molar-refractivity contribution in [3.63, 3.8) is 0 Å². The van der Waals surface area contributed by atoms with Gasteiger partial charge in [0.2, 0.25) is 0 Å². The van der Waals surface area contributed by atoms with Crippen LogP contribution in [-0.4, -0.2) is 31.0 Å². The Morgan fingerprint density at radius 2 is 2.11 bits per heavy atom. The molecule has 0 fully saturated rings. The van der Waals surface area contributed by atoms with Gasteiger partial charge in [-0.1, -0.05) is 5.16 Å². The predicted molar refractivity (Wildman–Crippen MR) is 69.2 cm³/mol. The van der Waals surface area contributed by atoms with Crippen molar-refractivity contribution in [3.8, 4) is 0 Å². The lowest BCUT2D eigenvalue weighted by Crippen LogP contribution is -2.35. The molecule has 0 amide bonds. The SMILES string of the molecule is COCCCOCc1cc(CNC(C)(C)C)no1. The molecular formula is C13H24N2O3. The van der Waals surface area contributed by atoms with E-state index in [0.717, 1.165) is 24.5 Å². The van der Waals surface area contributed by atoms with E-state index in [1.165, 1.54) is 0 Å². The first-order valence-electron chi connectivity index (χ1n) is 6.27. The van der Waals surface area contributed by atoms with Gasteiger partial charge in [0, 0.05) is 38.5 Å². The van der Waals surface area contributed by atoms with Crippen LogP contribution in [0.5, 0.6) is 0 Å². The van der Waals surface area contributed by atoms with Gasteiger partial charge >= 0.3 is 0 Å². The number of rotatable bonds is 8. The molecule has 1 rings (SSSR count). The summed E-state index contributed by atoms with van der Waals surface area (Å²) < 4.78 is 15.6. The monoisotopic (exact) mass is 256 g/mol. The maximum atomic E-state index is 5.45. The van der Waals surface area contributed by atoms with Crippen molar-refractivity contribution < 1.29 is 14.0 Å². The molecule has 1 aromatic heterocycles. The Hall–Kier alpha value is -0.910. The molecule has 5 heteroatoms. The van der Waals surface area contributed by atoms with Crippen LogP contribution in [0.25, 0.3) is 0 Å². The van der Waals surface area contributed by atoms with Gasteiger partial charge in [0.1, 0.15) is 6.61 Å². The molecule has 0 unspecified atom stereocenters. The van der Waals surface area contributed by atoms with Crippen LogP contribution < -0.4 is 5.32 Å². The Labute approximate surface area is 109 Å². The van der Waals surface area contributed by atoms with E-state index in [4.69, 9.17) is 14.0 Å². The molecule has 5 nitrogen and oxygen atoms in total. The van der Waals surface area contributed by atoms with Crippen LogP contribution in [0.2, 0.25) is 0 Å². The summed E-state index contributed by atoms with van der Waals surface area (Å²) in [6.45, 7) is 8.91. The van der Waals surface area contributed by atoms with Crippen LogP contribution in [0.3, 0.4) is 0 Å². The van der Waals surface area contributed by atoms with Crippen molar-refractivity contribution >= 4 is 0 Å². The Balaban J connectivity index is 2.22. The normalized spacial score (nSPS) is 12.0. The first-order valence-corrected chi connectivity index (χ1v) is 6.27. The lowest BCUT2D eigenvalue weighted by molar-refractivity contribution is 0.0794. The van der Waals surface area contributed by atoms with Crippen molar-refractivity contribution in [2.24, 2.45) is 0 Å². The van der Waals surface area contributed by atoms with Gasteiger partial charge in [-0.05, 0) is 27.2 Å². The molecule has 104 valence electrons. The smallest absolute Gasteiger partial charge is 0.162 e. The average molecular weight is 256 g/mol. The summed E-state index contributed by atoms with van der Waals surface area (Å²) in [4.78, 5) is 0. The second-order valence-electron chi connectivity index (χ2n) is 5.29. The van der Waals surface area contributed by atoms with E-state index in [2.05, 4.69) is 31.2 Å². The highest BCUT2D eigenvalue weighted by molar-refractivity contribution is 5.04. The standard InChI is InChI=1S/C13H24N2O3/c1-13(2,3)14-9-11-8-12(18-15-11)10-17-7-5-6-16-4/h8,14H,5-7,9-10H2,1-4H3. The first kappa shape index (κ1) is 15.1. The van der Waals surface area contributed by atoms with E-state index in [1.54, 1.807) is 7.11 Å². The summed E-state index contributed by atoms with van der Waals surface area (Å²) in [5.41, 5.74) is 0.982. The van der Waals surface area contributed by atoms with Crippen molar-refractivity contribution in [2.75, 3.05) is 20.3 Å². The summed E-state index contributed by atoms with van der Waals surface area (Å²) >= 11 is 0. The lowest BCUT2D eigenvalue weighted by atomic mass is 10.1. The average Bonchev–Trinajstić information content (AvgIpc) is 2.73. The molecule has 1 heterocycles. The zero-order chi connectivity index (χ0) is 13.4. The quantitative estimate of drug-likeness (QED) is 0.722. The molecule has 0 aliphatic heterocycles. The van der Waals surface area contributed by atoms with E-state index in [-0.39, 0.29) is 5.54 Å². The number of methoxy groups -OCH3 is 1. The predicted octanol–water partition coefficient (Wildman–Crippen LogP) is 2.12. The minimum absolute atomic E-state index is 0.0791. The van der Waals surface area contributed by atoms with E-state index in [9.17, 15) is 0 Å². The molecule has 0 spiro atoms. The maximum absolute atomic E-state index is 5.45. The van der Waals surface area contributed by atoms with E-state index in [1.807, 2.05) is 6.07 Å². The molecule has 1 N–H and O–H groups in total. The highest BCUT2D eigenvalue weighted by Crippen LogP contribution is 2.07. The van der Waals surface area contributed by atoms with Gasteiger partial charge in [0.25, 0.3) is 0 Å². The number of hydrogen-bond donors (Lipinski definition) is 1. The van der Waals surface area contributed by atoms with Crippen LogP contribution in [0, 0.1) is 0 Å². The topological polar surface area (TPSA) is 56.5 Å². The van der Waals surface area contributed by atoms with E-state index in [0.29, 0.717) is 19.8 Å². The molecule has 0 radical (unpaired) electrons. The molecule has 0 aromatic carbocycles. The lowest BCUT2D eigenvalue weighted by Gasteiger charge is -2.19. The molecule has 0 atom stereocenters. The van der Waals surface area contributed by atoms with Gasteiger partial charge < -0.3 is 19.3 Å². The fourth-order valence-corrected chi connectivity index (χ4v) is 1.34. The van der Waals surface area contributed by atoms with Gasteiger partial charge in [0.15, 0.2) is 5.76 Å². The third-order valence-electron chi connectivity index (χ3n) is 2.29. The molecule has 0 bridgehead atoms. The van der Waals surface area contributed by atoms with Gasteiger partial charge in [-0.25, -0.2) is 0 Å². The molecule has 18 heavy (non-hydrogen) atoms. The third-order valence-corrected chi connectivity index (χ3v) is 2.29. The second kappa shape index (κ2) is 7.51. The fraction of sp³-hybridized carbons (Fsp3) is 0.769. The van der Waals surface area contributed by atoms with Crippen LogP contribution >= 0.6 is 0 Å². The van der Waals surface area contributed by atoms with Gasteiger partial charge in [-0.2, -0.15) is 0 Å². The molecule has 0 aliphatic carbocycles. The van der Waals surface area contributed by atoms with Crippen LogP contribution in [0.15, 0.2) is 10.6 Å². The fourth-order valence-electron chi connectivity index (χ4n) is 1.34. The number of hydrogen-bond acceptors (Lipinski definition) is 5. The van der Waals surface area contributed by atoms with Crippen LogP contribution in [0.1, 0.15) is 38.6 Å². The molecule has 0 saturated heterocycles. The summed E-state index contributed by atoms with van der Waals surface area (Å²) in [5, 5.41) is 7.35. The Kier molecular flexibility index (Phi) is 6.32. The zero-order valence-corrected chi connectivity index (χ0v) is 11.8. The summed E-state index contributed by atoms with van der Waals surface area (Å²) in [5.74, 6) is 0.762. The number of nitrogens with one attached hydrogen (secondary N) is 1. The number of nitrogens with zero attached hydrogens (tertiary/aromatic N) is 1. The van der Waals surface area contributed by atoms with Crippen molar-refractivity contribution in [2.45, 2.75) is 45.9 Å². The Bertz CT molecular complexity index is 331. The van der Waals surface area contributed by atoms with Crippen LogP contribution in [0.4, 0.5) is 0 Å². The minimum atomic E-state index is 0.0791. The van der Waals surface area contributed by atoms with Crippen molar-refractivity contribution in [1.82, 2.24) is 10.5 Å². The minimum Gasteiger partial charge on any atom is -0.385 e. The summed E-state index contributed by atoms with van der Waals surface area (Å²) in [7, 11) is 1.69. The Morgan fingerprint density at radius 3 is 2.78 bits per heavy atom. The summed E-state index contributed by atoms with van der Waals surface area (Å²) in [6, 6.07) is 1.93. The molecule has 1 aromatic rings. The van der Waals surface area contributed by atoms with Crippen molar-refractivity contribution in [1.29, 1.82) is 0 Å². The molecular weight excluding hydrogens is 232 g/mol. The number of ether oxygens (including phenoxy) is 2. The molecule has 0 aliphatic rings. The van der Waals surface area contributed by atoms with Gasteiger partial charge in [-0.15, -0.1) is 0 Å². The van der Waals surface area contributed by atoms with Crippen LogP contribution in [-0.2, 0) is 22.6 Å². The number of aromatic nitrogens is 1. The van der Waals surface area contributed by atoms with Gasteiger partial charge in [0.05, 0.1) is 5.69 Å². The van der Waals surface area contributed by atoms with E-state index < -0.39 is 0 Å². The maximum Gasteiger partial charge on any atom is 0.162 e. The van der Waals surface area contributed by atoms with E-state index >= 15 is 0 Å². The van der Waals surface area contributed by atoms with Gasteiger partial charge in [-0.3, -0.25) is 0 Å². The largest absolute Gasteiger partial charge is 0.385 e. The summed E-state index contributed by atoms with van der Waals surface area (Å²) in [6.07, 6.45) is 0.892. The molecule has 0 saturated carbocycles. The third kappa shape index (κ3) is 6.74. The zero-order valence-electron chi connectivity index (χ0n) is 11.8. The second-order valence-corrected chi connectivity index (χ2v) is 5.29. The Morgan fingerprint density at radius 1 is 1.33 bits per heavy atom. The highest BCUT2D eigenvalue weighted by Gasteiger charge is 2.10.